The largest absolute Gasteiger partial charge is 0.343 e. The Morgan fingerprint density at radius 2 is 1.90 bits per heavy atom. The molecule has 0 bridgehead atoms. The molecule has 0 radical (unpaired) electrons. The lowest BCUT2D eigenvalue weighted by molar-refractivity contribution is 0.537. The van der Waals surface area contributed by atoms with Gasteiger partial charge in [0.05, 0.1) is 11.1 Å². The first-order valence-electron chi connectivity index (χ1n) is 5.71. The fraction of sp³-hybridized carbons (Fsp3) is 0.167. The van der Waals surface area contributed by atoms with Crippen LogP contribution in [0.5, 0.6) is 0 Å². The first-order chi connectivity index (χ1) is 9.78. The SMILES string of the molecule is CN=c1c(F)cn(S(=O)(=O)c2cccc(F)c2)c(=O)n1C. The highest BCUT2D eigenvalue weighted by molar-refractivity contribution is 7.90. The van der Waals surface area contributed by atoms with Gasteiger partial charge in [-0.15, -0.1) is 0 Å². The Kier molecular flexibility index (Phi) is 3.77. The average molecular weight is 315 g/mol. The van der Waals surface area contributed by atoms with E-state index in [4.69, 9.17) is 0 Å². The van der Waals surface area contributed by atoms with E-state index in [1.807, 2.05) is 0 Å². The Balaban J connectivity index is 2.82. The lowest BCUT2D eigenvalue weighted by Gasteiger charge is -2.10. The van der Waals surface area contributed by atoms with Gasteiger partial charge in [0.1, 0.15) is 5.82 Å². The van der Waals surface area contributed by atoms with Crippen molar-refractivity contribution in [1.29, 1.82) is 0 Å². The van der Waals surface area contributed by atoms with E-state index >= 15 is 0 Å². The van der Waals surface area contributed by atoms with Crippen LogP contribution in [-0.4, -0.2) is 24.0 Å². The van der Waals surface area contributed by atoms with Crippen molar-refractivity contribution >= 4 is 10.0 Å². The molecule has 0 unspecified atom stereocenters. The molecule has 0 atom stereocenters. The zero-order valence-electron chi connectivity index (χ0n) is 11.1. The van der Waals surface area contributed by atoms with Gasteiger partial charge in [-0.05, 0) is 18.2 Å². The quantitative estimate of drug-likeness (QED) is 0.796. The fourth-order valence-corrected chi connectivity index (χ4v) is 3.08. The number of benzene rings is 1. The average Bonchev–Trinajstić information content (AvgIpc) is 2.43. The van der Waals surface area contributed by atoms with E-state index < -0.39 is 32.2 Å². The maximum atomic E-state index is 13.8. The standard InChI is InChI=1S/C12H11F2N3O3S/c1-15-11-10(14)7-17(12(18)16(11)2)21(19,20)9-5-3-4-8(13)6-9/h3-7H,1-2H3. The number of aromatic nitrogens is 2. The van der Waals surface area contributed by atoms with Crippen LogP contribution < -0.4 is 11.2 Å². The molecule has 1 heterocycles. The maximum absolute atomic E-state index is 13.8. The molecule has 2 aromatic rings. The lowest BCUT2D eigenvalue weighted by atomic mass is 10.4. The first kappa shape index (κ1) is 15.1. The molecule has 9 heteroatoms. The van der Waals surface area contributed by atoms with E-state index in [-0.39, 0.29) is 9.46 Å². The summed E-state index contributed by atoms with van der Waals surface area (Å²) in [7, 11) is -1.95. The van der Waals surface area contributed by atoms with Crippen molar-refractivity contribution in [2.24, 2.45) is 12.0 Å². The molecule has 0 saturated heterocycles. The van der Waals surface area contributed by atoms with Gasteiger partial charge in [-0.2, -0.15) is 3.97 Å². The van der Waals surface area contributed by atoms with Crippen LogP contribution in [0.1, 0.15) is 0 Å². The summed E-state index contributed by atoms with van der Waals surface area (Å²) in [6, 6.07) is 4.10. The molecular formula is C12H11F2N3O3S. The zero-order chi connectivity index (χ0) is 15.8. The molecule has 21 heavy (non-hydrogen) atoms. The van der Waals surface area contributed by atoms with Crippen LogP contribution in [0.3, 0.4) is 0 Å². The van der Waals surface area contributed by atoms with E-state index in [1.165, 1.54) is 20.2 Å². The van der Waals surface area contributed by atoms with Gasteiger partial charge in [-0.1, -0.05) is 6.07 Å². The van der Waals surface area contributed by atoms with E-state index in [0.29, 0.717) is 6.20 Å². The minimum atomic E-state index is -4.40. The Morgan fingerprint density at radius 3 is 2.48 bits per heavy atom. The number of hydrogen-bond donors (Lipinski definition) is 0. The summed E-state index contributed by atoms with van der Waals surface area (Å²) in [4.78, 5) is 15.1. The zero-order valence-corrected chi connectivity index (χ0v) is 11.9. The van der Waals surface area contributed by atoms with Gasteiger partial charge in [-0.3, -0.25) is 9.56 Å². The van der Waals surface area contributed by atoms with E-state index in [1.54, 1.807) is 0 Å². The minimum Gasteiger partial charge on any atom is -0.278 e. The molecule has 1 aromatic heterocycles. The molecular weight excluding hydrogens is 304 g/mol. The summed E-state index contributed by atoms with van der Waals surface area (Å²) in [5.74, 6) is -1.77. The Labute approximate surface area is 118 Å². The highest BCUT2D eigenvalue weighted by Crippen LogP contribution is 2.13. The van der Waals surface area contributed by atoms with Crippen molar-refractivity contribution in [2.45, 2.75) is 4.90 Å². The van der Waals surface area contributed by atoms with Gasteiger partial charge >= 0.3 is 5.69 Å². The summed E-state index contributed by atoms with van der Waals surface area (Å²) in [5, 5.41) is 0. The first-order valence-corrected chi connectivity index (χ1v) is 7.15. The van der Waals surface area contributed by atoms with E-state index in [9.17, 15) is 22.0 Å². The van der Waals surface area contributed by atoms with Gasteiger partial charge in [0.25, 0.3) is 10.0 Å². The lowest BCUT2D eigenvalue weighted by Crippen LogP contribution is -2.42. The summed E-state index contributed by atoms with van der Waals surface area (Å²) >= 11 is 0. The monoisotopic (exact) mass is 315 g/mol. The highest BCUT2D eigenvalue weighted by atomic mass is 32.2. The van der Waals surface area contributed by atoms with Crippen molar-refractivity contribution < 1.29 is 17.2 Å². The smallest absolute Gasteiger partial charge is 0.278 e. The second-order valence-corrected chi connectivity index (χ2v) is 5.94. The minimum absolute atomic E-state index is 0.214. The Hall–Kier alpha value is -2.29. The van der Waals surface area contributed by atoms with E-state index in [0.717, 1.165) is 22.8 Å². The molecule has 2 rings (SSSR count). The molecule has 0 saturated carbocycles. The van der Waals surface area contributed by atoms with Gasteiger partial charge in [0, 0.05) is 14.1 Å². The van der Waals surface area contributed by atoms with Crippen molar-refractivity contribution in [3.63, 3.8) is 0 Å². The van der Waals surface area contributed by atoms with Crippen molar-refractivity contribution in [3.05, 3.63) is 58.1 Å². The van der Waals surface area contributed by atoms with Crippen LogP contribution in [0.2, 0.25) is 0 Å². The molecule has 0 aliphatic rings. The highest BCUT2D eigenvalue weighted by Gasteiger charge is 2.21. The van der Waals surface area contributed by atoms with Crippen molar-refractivity contribution in [2.75, 3.05) is 7.05 Å². The van der Waals surface area contributed by atoms with Crippen LogP contribution in [0.25, 0.3) is 0 Å². The van der Waals surface area contributed by atoms with Crippen LogP contribution in [0.15, 0.2) is 45.1 Å². The molecule has 0 aliphatic heterocycles. The van der Waals surface area contributed by atoms with Crippen LogP contribution >= 0.6 is 0 Å². The van der Waals surface area contributed by atoms with E-state index in [2.05, 4.69) is 4.99 Å². The molecule has 0 aliphatic carbocycles. The maximum Gasteiger partial charge on any atom is 0.343 e. The van der Waals surface area contributed by atoms with Crippen molar-refractivity contribution in [3.8, 4) is 0 Å². The second-order valence-electron chi connectivity index (χ2n) is 4.12. The molecule has 112 valence electrons. The van der Waals surface area contributed by atoms with Gasteiger partial charge in [0.15, 0.2) is 11.3 Å². The molecule has 1 aromatic carbocycles. The number of hydrogen-bond acceptors (Lipinski definition) is 4. The predicted molar refractivity (Wildman–Crippen MR) is 70.1 cm³/mol. The summed E-state index contributed by atoms with van der Waals surface area (Å²) in [6.45, 7) is 0. The molecule has 0 N–H and O–H groups in total. The Bertz CT molecular complexity index is 929. The number of rotatable bonds is 2. The molecule has 0 amide bonds. The molecule has 0 spiro atoms. The molecule has 0 fully saturated rings. The van der Waals surface area contributed by atoms with Gasteiger partial charge in [-0.25, -0.2) is 22.0 Å². The third kappa shape index (κ3) is 2.51. The van der Waals surface area contributed by atoms with Crippen LogP contribution in [0.4, 0.5) is 8.78 Å². The predicted octanol–water partition coefficient (Wildman–Crippen LogP) is 0.232. The molecule has 6 nitrogen and oxygen atoms in total. The number of nitrogens with zero attached hydrogens (tertiary/aromatic N) is 3. The van der Waals surface area contributed by atoms with Crippen molar-refractivity contribution in [1.82, 2.24) is 8.54 Å². The second kappa shape index (κ2) is 5.24. The Morgan fingerprint density at radius 1 is 1.24 bits per heavy atom. The normalized spacial score (nSPS) is 12.7. The third-order valence-corrected chi connectivity index (χ3v) is 4.43. The van der Waals surface area contributed by atoms with Gasteiger partial charge in [0.2, 0.25) is 0 Å². The fourth-order valence-electron chi connectivity index (χ4n) is 1.78. The summed E-state index contributed by atoms with van der Waals surface area (Å²) in [6.07, 6.45) is 0.519. The van der Waals surface area contributed by atoms with Gasteiger partial charge < -0.3 is 0 Å². The van der Waals surface area contributed by atoms with Crippen LogP contribution in [0, 0.1) is 11.6 Å². The van der Waals surface area contributed by atoms with Crippen LogP contribution in [-0.2, 0) is 17.1 Å². The summed E-state index contributed by atoms with van der Waals surface area (Å²) in [5.41, 5.74) is -1.30. The third-order valence-electron chi connectivity index (χ3n) is 2.80. The topological polar surface area (TPSA) is 73.4 Å². The number of halogens is 2. The summed E-state index contributed by atoms with van der Waals surface area (Å²) < 4.78 is 52.5.